The van der Waals surface area contributed by atoms with E-state index in [9.17, 15) is 13.2 Å². The molecule has 0 aromatic heterocycles. The first-order valence-corrected chi connectivity index (χ1v) is 6.48. The minimum atomic E-state index is -4.07. The number of carboxylic acid groups (broad SMARTS) is 1. The average Bonchev–Trinajstić information content (AvgIpc) is 2.19. The highest BCUT2D eigenvalue weighted by Crippen LogP contribution is 2.26. The minimum Gasteiger partial charge on any atom is -0.478 e. The molecule has 5 N–H and O–H groups in total. The lowest BCUT2D eigenvalue weighted by molar-refractivity contribution is 0.0696. The van der Waals surface area contributed by atoms with Crippen molar-refractivity contribution in [2.45, 2.75) is 11.3 Å². The number of aromatic carboxylic acids is 1. The summed E-state index contributed by atoms with van der Waals surface area (Å²) in [5.74, 6) is -1.26. The molecule has 17 heavy (non-hydrogen) atoms. The monoisotopic (exact) mass is 278 g/mol. The highest BCUT2D eigenvalue weighted by molar-refractivity contribution is 7.89. The Balaban J connectivity index is 3.54. The first-order valence-electron chi connectivity index (χ1n) is 4.56. The lowest BCUT2D eigenvalue weighted by Crippen LogP contribution is -2.15. The van der Waals surface area contributed by atoms with E-state index in [1.54, 1.807) is 0 Å². The molecule has 0 aliphatic rings. The molecule has 1 rings (SSSR count). The van der Waals surface area contributed by atoms with Gasteiger partial charge in [0.1, 0.15) is 4.90 Å². The van der Waals surface area contributed by atoms with Crippen LogP contribution in [0.1, 0.15) is 15.9 Å². The Kier molecular flexibility index (Phi) is 4.10. The molecule has 0 amide bonds. The van der Waals surface area contributed by atoms with E-state index in [1.807, 2.05) is 0 Å². The van der Waals surface area contributed by atoms with Gasteiger partial charge in [-0.05, 0) is 30.7 Å². The third kappa shape index (κ3) is 3.16. The van der Waals surface area contributed by atoms with Crippen LogP contribution in [0, 0.1) is 0 Å². The van der Waals surface area contributed by atoms with Crippen LogP contribution in [0.3, 0.4) is 0 Å². The van der Waals surface area contributed by atoms with Gasteiger partial charge in [0.05, 0.1) is 10.6 Å². The number of carbonyl (C=O) groups is 1. The van der Waals surface area contributed by atoms with E-state index in [2.05, 4.69) is 0 Å². The van der Waals surface area contributed by atoms with Crippen LogP contribution in [0.25, 0.3) is 0 Å². The normalized spacial score (nSPS) is 11.5. The van der Waals surface area contributed by atoms with E-state index in [1.165, 1.54) is 6.07 Å². The summed E-state index contributed by atoms with van der Waals surface area (Å²) in [5, 5.41) is 13.7. The Bertz CT molecular complexity index is 556. The number of sulfonamides is 1. The molecule has 0 fully saturated rings. The van der Waals surface area contributed by atoms with E-state index >= 15 is 0 Å². The maximum absolute atomic E-state index is 11.3. The molecule has 0 unspecified atom stereocenters. The first-order chi connectivity index (χ1) is 7.77. The van der Waals surface area contributed by atoms with Crippen LogP contribution in [0.4, 0.5) is 0 Å². The number of rotatable bonds is 4. The summed E-state index contributed by atoms with van der Waals surface area (Å²) in [5.41, 5.74) is 5.48. The smallest absolute Gasteiger partial charge is 0.335 e. The van der Waals surface area contributed by atoms with Crippen molar-refractivity contribution in [3.8, 4) is 0 Å². The van der Waals surface area contributed by atoms with Gasteiger partial charge < -0.3 is 10.8 Å². The predicted octanol–water partition coefficient (Wildman–Crippen LogP) is 0.187. The van der Waals surface area contributed by atoms with Crippen molar-refractivity contribution in [3.63, 3.8) is 0 Å². The van der Waals surface area contributed by atoms with Gasteiger partial charge in [-0.3, -0.25) is 0 Å². The molecule has 0 aliphatic carbocycles. The molecule has 0 radical (unpaired) electrons. The van der Waals surface area contributed by atoms with Gasteiger partial charge >= 0.3 is 5.97 Å². The number of carboxylic acids is 1. The van der Waals surface area contributed by atoms with Crippen LogP contribution in [0.5, 0.6) is 0 Å². The van der Waals surface area contributed by atoms with Gasteiger partial charge in [0.15, 0.2) is 0 Å². The van der Waals surface area contributed by atoms with E-state index in [-0.39, 0.29) is 23.6 Å². The molecular weight excluding hydrogens is 268 g/mol. The van der Waals surface area contributed by atoms with Crippen LogP contribution in [0.2, 0.25) is 5.02 Å². The Hall–Kier alpha value is -1.15. The predicted molar refractivity (Wildman–Crippen MR) is 62.5 cm³/mol. The number of halogens is 1. The SMILES string of the molecule is NCCc1cc(C(=O)O)cc(S(N)(=O)=O)c1Cl. The van der Waals surface area contributed by atoms with Crippen molar-refractivity contribution in [1.82, 2.24) is 0 Å². The summed E-state index contributed by atoms with van der Waals surface area (Å²) < 4.78 is 22.5. The number of nitrogens with two attached hydrogens (primary N) is 2. The second-order valence-corrected chi connectivity index (χ2v) is 5.24. The molecule has 1 aromatic carbocycles. The number of hydrogen-bond acceptors (Lipinski definition) is 4. The number of hydrogen-bond donors (Lipinski definition) is 3. The molecule has 0 spiro atoms. The molecule has 6 nitrogen and oxygen atoms in total. The van der Waals surface area contributed by atoms with Gasteiger partial charge in [-0.2, -0.15) is 0 Å². The maximum Gasteiger partial charge on any atom is 0.335 e. The van der Waals surface area contributed by atoms with Crippen molar-refractivity contribution < 1.29 is 18.3 Å². The van der Waals surface area contributed by atoms with Crippen molar-refractivity contribution >= 4 is 27.6 Å². The Morgan fingerprint density at radius 1 is 1.41 bits per heavy atom. The second-order valence-electron chi connectivity index (χ2n) is 3.34. The fourth-order valence-corrected chi connectivity index (χ4v) is 2.52. The van der Waals surface area contributed by atoms with Crippen LogP contribution < -0.4 is 10.9 Å². The van der Waals surface area contributed by atoms with Crippen LogP contribution >= 0.6 is 11.6 Å². The van der Waals surface area contributed by atoms with Gasteiger partial charge in [-0.25, -0.2) is 18.4 Å². The molecule has 0 atom stereocenters. The third-order valence-electron chi connectivity index (χ3n) is 2.08. The highest BCUT2D eigenvalue weighted by atomic mass is 35.5. The van der Waals surface area contributed by atoms with Crippen molar-refractivity contribution in [3.05, 3.63) is 28.3 Å². The Morgan fingerprint density at radius 2 is 2.00 bits per heavy atom. The summed E-state index contributed by atoms with van der Waals surface area (Å²) in [6, 6.07) is 2.21. The summed E-state index contributed by atoms with van der Waals surface area (Å²) in [4.78, 5) is 10.4. The summed E-state index contributed by atoms with van der Waals surface area (Å²) in [6.45, 7) is 0.215. The van der Waals surface area contributed by atoms with Gasteiger partial charge in [0.2, 0.25) is 10.0 Å². The molecule has 94 valence electrons. The highest BCUT2D eigenvalue weighted by Gasteiger charge is 2.19. The van der Waals surface area contributed by atoms with E-state index in [0.29, 0.717) is 5.56 Å². The molecule has 0 heterocycles. The zero-order valence-electron chi connectivity index (χ0n) is 8.68. The van der Waals surface area contributed by atoms with Gasteiger partial charge in [-0.1, -0.05) is 11.6 Å². The fourth-order valence-electron chi connectivity index (χ4n) is 1.32. The van der Waals surface area contributed by atoms with E-state index in [0.717, 1.165) is 6.07 Å². The van der Waals surface area contributed by atoms with Gasteiger partial charge in [0, 0.05) is 0 Å². The molecule has 0 aliphatic heterocycles. The molecule has 0 bridgehead atoms. The summed E-state index contributed by atoms with van der Waals surface area (Å²) >= 11 is 5.84. The maximum atomic E-state index is 11.3. The number of primary sulfonamides is 1. The quantitative estimate of drug-likeness (QED) is 0.725. The zero-order chi connectivity index (χ0) is 13.2. The average molecular weight is 279 g/mol. The molecule has 0 saturated heterocycles. The largest absolute Gasteiger partial charge is 0.478 e. The van der Waals surface area contributed by atoms with Gasteiger partial charge in [0.25, 0.3) is 0 Å². The summed E-state index contributed by atoms with van der Waals surface area (Å²) in [6.07, 6.45) is 0.266. The van der Waals surface area contributed by atoms with Crippen LogP contribution in [-0.4, -0.2) is 26.0 Å². The first kappa shape index (κ1) is 13.9. The third-order valence-corrected chi connectivity index (χ3v) is 3.58. The van der Waals surface area contributed by atoms with Crippen LogP contribution in [-0.2, 0) is 16.4 Å². The van der Waals surface area contributed by atoms with Gasteiger partial charge in [-0.15, -0.1) is 0 Å². The topological polar surface area (TPSA) is 123 Å². The van der Waals surface area contributed by atoms with E-state index in [4.69, 9.17) is 27.6 Å². The zero-order valence-corrected chi connectivity index (χ0v) is 10.3. The molecular formula is C9H11ClN2O4S. The summed E-state index contributed by atoms with van der Waals surface area (Å²) in [7, 11) is -4.07. The van der Waals surface area contributed by atoms with E-state index < -0.39 is 20.9 Å². The molecule has 1 aromatic rings. The van der Waals surface area contributed by atoms with Crippen molar-refractivity contribution in [2.24, 2.45) is 10.9 Å². The van der Waals surface area contributed by atoms with Crippen molar-refractivity contribution in [2.75, 3.05) is 6.54 Å². The Labute approximate surface area is 103 Å². The fraction of sp³-hybridized carbons (Fsp3) is 0.222. The standard InChI is InChI=1S/C9H11ClN2O4S/c10-8-5(1-2-11)3-6(9(13)14)4-7(8)17(12,15)16/h3-4H,1-2,11H2,(H,13,14)(H2,12,15,16). The molecule has 8 heteroatoms. The lowest BCUT2D eigenvalue weighted by Gasteiger charge is -2.09. The minimum absolute atomic E-state index is 0.0806. The van der Waals surface area contributed by atoms with Crippen molar-refractivity contribution in [1.29, 1.82) is 0 Å². The lowest BCUT2D eigenvalue weighted by atomic mass is 10.1. The second kappa shape index (κ2) is 5.01. The van der Waals surface area contributed by atoms with Crippen LogP contribution in [0.15, 0.2) is 17.0 Å². The Morgan fingerprint density at radius 3 is 2.41 bits per heavy atom. The number of benzene rings is 1. The molecule has 0 saturated carbocycles.